The summed E-state index contributed by atoms with van der Waals surface area (Å²) >= 11 is 5.93. The number of aromatic nitrogens is 1. The Kier molecular flexibility index (Phi) is 4.27. The van der Waals surface area contributed by atoms with E-state index in [1.54, 1.807) is 6.07 Å². The highest BCUT2D eigenvalue weighted by atomic mass is 35.5. The van der Waals surface area contributed by atoms with Gasteiger partial charge in [0, 0.05) is 37.4 Å². The van der Waals surface area contributed by atoms with Crippen LogP contribution in [0.25, 0.3) is 0 Å². The van der Waals surface area contributed by atoms with Gasteiger partial charge in [-0.25, -0.2) is 4.98 Å². The van der Waals surface area contributed by atoms with E-state index < -0.39 is 0 Å². The van der Waals surface area contributed by atoms with Gasteiger partial charge in [0.05, 0.1) is 0 Å². The number of hydrogen-bond acceptors (Lipinski definition) is 4. The highest BCUT2D eigenvalue weighted by Crippen LogP contribution is 2.20. The summed E-state index contributed by atoms with van der Waals surface area (Å²) in [7, 11) is 0. The van der Waals surface area contributed by atoms with E-state index in [2.05, 4.69) is 39.5 Å². The van der Waals surface area contributed by atoms with Crippen LogP contribution in [0.15, 0.2) is 42.5 Å². The van der Waals surface area contributed by atoms with Gasteiger partial charge in [-0.3, -0.25) is 4.90 Å². The number of benzene rings is 1. The van der Waals surface area contributed by atoms with Gasteiger partial charge in [0.25, 0.3) is 0 Å². The van der Waals surface area contributed by atoms with Crippen molar-refractivity contribution in [1.82, 2.24) is 9.88 Å². The van der Waals surface area contributed by atoms with Crippen molar-refractivity contribution < 1.29 is 0 Å². The first-order chi connectivity index (χ1) is 10.2. The predicted molar refractivity (Wildman–Crippen MR) is 87.4 cm³/mol. The molecule has 1 fully saturated rings. The lowest BCUT2D eigenvalue weighted by molar-refractivity contribution is 0.328. The molecular weight excluding hydrogens is 284 g/mol. The molecule has 0 radical (unpaired) electrons. The molecule has 1 saturated heterocycles. The second kappa shape index (κ2) is 6.33. The number of likely N-dealkylation sites (tertiary alicyclic amines) is 1. The Hall–Kier alpha value is -1.78. The Balaban J connectivity index is 1.57. The van der Waals surface area contributed by atoms with Crippen LogP contribution in [0.3, 0.4) is 0 Å². The summed E-state index contributed by atoms with van der Waals surface area (Å²) in [6.07, 6.45) is 1.10. The molecule has 21 heavy (non-hydrogen) atoms. The van der Waals surface area contributed by atoms with Crippen molar-refractivity contribution in [1.29, 1.82) is 0 Å². The third kappa shape index (κ3) is 3.86. The number of nitrogens with zero attached hydrogens (tertiary/aromatic N) is 2. The minimum atomic E-state index is 0.388. The van der Waals surface area contributed by atoms with Crippen LogP contribution < -0.4 is 11.1 Å². The Morgan fingerprint density at radius 3 is 2.86 bits per heavy atom. The summed E-state index contributed by atoms with van der Waals surface area (Å²) in [5.41, 5.74) is 7.77. The van der Waals surface area contributed by atoms with E-state index in [1.807, 2.05) is 12.1 Å². The molecule has 1 aliphatic heterocycles. The number of nitrogens with one attached hydrogen (secondary N) is 1. The Bertz CT molecular complexity index is 582. The van der Waals surface area contributed by atoms with E-state index in [9.17, 15) is 0 Å². The molecule has 3 rings (SSSR count). The van der Waals surface area contributed by atoms with Gasteiger partial charge in [0.1, 0.15) is 11.0 Å². The monoisotopic (exact) mass is 302 g/mol. The van der Waals surface area contributed by atoms with Crippen molar-refractivity contribution in [2.45, 2.75) is 19.0 Å². The molecule has 1 aromatic carbocycles. The van der Waals surface area contributed by atoms with E-state index in [4.69, 9.17) is 17.3 Å². The molecule has 2 aromatic rings. The lowest BCUT2D eigenvalue weighted by atomic mass is 10.2. The zero-order valence-electron chi connectivity index (χ0n) is 11.8. The quantitative estimate of drug-likeness (QED) is 0.853. The molecule has 0 aliphatic carbocycles. The molecule has 0 amide bonds. The number of nitrogen functional groups attached to an aromatic ring is 1. The van der Waals surface area contributed by atoms with Gasteiger partial charge in [-0.05, 0) is 18.1 Å². The van der Waals surface area contributed by atoms with E-state index in [0.29, 0.717) is 16.9 Å². The first kappa shape index (κ1) is 14.2. The average molecular weight is 303 g/mol. The van der Waals surface area contributed by atoms with Crippen LogP contribution in [0, 0.1) is 0 Å². The Morgan fingerprint density at radius 1 is 1.29 bits per heavy atom. The summed E-state index contributed by atoms with van der Waals surface area (Å²) in [5.74, 6) is 0.756. The fourth-order valence-electron chi connectivity index (χ4n) is 2.74. The van der Waals surface area contributed by atoms with E-state index in [1.165, 1.54) is 5.56 Å². The molecule has 4 nitrogen and oxygen atoms in total. The smallest absolute Gasteiger partial charge is 0.133 e. The third-order valence-corrected chi connectivity index (χ3v) is 3.88. The lowest BCUT2D eigenvalue weighted by Gasteiger charge is -2.17. The van der Waals surface area contributed by atoms with Crippen LogP contribution in [-0.2, 0) is 6.54 Å². The largest absolute Gasteiger partial charge is 0.399 e. The normalized spacial score (nSPS) is 18.8. The van der Waals surface area contributed by atoms with Gasteiger partial charge in [0.2, 0.25) is 0 Å². The van der Waals surface area contributed by atoms with Gasteiger partial charge in [-0.1, -0.05) is 41.9 Å². The van der Waals surface area contributed by atoms with Crippen molar-refractivity contribution >= 4 is 23.1 Å². The summed E-state index contributed by atoms with van der Waals surface area (Å²) in [6.45, 7) is 3.08. The van der Waals surface area contributed by atoms with E-state index >= 15 is 0 Å². The van der Waals surface area contributed by atoms with E-state index in [0.717, 1.165) is 31.9 Å². The highest BCUT2D eigenvalue weighted by Gasteiger charge is 2.22. The zero-order valence-corrected chi connectivity index (χ0v) is 12.6. The minimum Gasteiger partial charge on any atom is -0.399 e. The first-order valence-corrected chi connectivity index (χ1v) is 7.53. The van der Waals surface area contributed by atoms with Crippen LogP contribution in [0.1, 0.15) is 12.0 Å². The Labute approximate surface area is 129 Å². The topological polar surface area (TPSA) is 54.2 Å². The van der Waals surface area contributed by atoms with E-state index in [-0.39, 0.29) is 0 Å². The van der Waals surface area contributed by atoms with Crippen molar-refractivity contribution in [3.05, 3.63) is 53.2 Å². The molecule has 1 aliphatic rings. The lowest BCUT2D eigenvalue weighted by Crippen LogP contribution is -2.26. The van der Waals surface area contributed by atoms with Gasteiger partial charge in [-0.15, -0.1) is 0 Å². The third-order valence-electron chi connectivity index (χ3n) is 3.69. The minimum absolute atomic E-state index is 0.388. The maximum absolute atomic E-state index is 5.93. The fraction of sp³-hybridized carbons (Fsp3) is 0.312. The number of hydrogen-bond donors (Lipinski definition) is 2. The van der Waals surface area contributed by atoms with Gasteiger partial charge in [0.15, 0.2) is 0 Å². The number of anilines is 2. The molecule has 0 spiro atoms. The standard InChI is InChI=1S/C16H19ClN4/c17-15-8-13(18)9-16(20-15)19-14-6-7-21(11-14)10-12-4-2-1-3-5-12/h1-5,8-9,14H,6-7,10-11H2,(H3,18,19,20). The number of halogens is 1. The van der Waals surface area contributed by atoms with Crippen molar-refractivity contribution in [2.75, 3.05) is 24.1 Å². The molecule has 110 valence electrons. The van der Waals surface area contributed by atoms with Gasteiger partial charge < -0.3 is 11.1 Å². The fourth-order valence-corrected chi connectivity index (χ4v) is 2.95. The average Bonchev–Trinajstić information content (AvgIpc) is 2.86. The number of nitrogens with two attached hydrogens (primary N) is 1. The molecule has 1 atom stereocenters. The Morgan fingerprint density at radius 2 is 2.10 bits per heavy atom. The van der Waals surface area contributed by atoms with Gasteiger partial charge in [-0.2, -0.15) is 0 Å². The SMILES string of the molecule is Nc1cc(Cl)nc(NC2CCN(Cc3ccccc3)C2)c1. The maximum Gasteiger partial charge on any atom is 0.133 e. The molecule has 1 aromatic heterocycles. The predicted octanol–water partition coefficient (Wildman–Crippen LogP) is 3.00. The summed E-state index contributed by atoms with van der Waals surface area (Å²) in [4.78, 5) is 6.71. The van der Waals surface area contributed by atoms with Crippen LogP contribution in [0.4, 0.5) is 11.5 Å². The van der Waals surface area contributed by atoms with Crippen LogP contribution in [0.5, 0.6) is 0 Å². The molecule has 3 N–H and O–H groups in total. The summed E-state index contributed by atoms with van der Waals surface area (Å²) in [5, 5.41) is 3.85. The second-order valence-electron chi connectivity index (χ2n) is 5.46. The summed E-state index contributed by atoms with van der Waals surface area (Å²) < 4.78 is 0. The molecule has 0 saturated carbocycles. The van der Waals surface area contributed by atoms with Crippen LogP contribution >= 0.6 is 11.6 Å². The highest BCUT2D eigenvalue weighted by molar-refractivity contribution is 6.29. The number of rotatable bonds is 4. The van der Waals surface area contributed by atoms with Crippen LogP contribution in [0.2, 0.25) is 5.15 Å². The van der Waals surface area contributed by atoms with Crippen LogP contribution in [-0.4, -0.2) is 29.0 Å². The molecule has 2 heterocycles. The second-order valence-corrected chi connectivity index (χ2v) is 5.85. The molecule has 5 heteroatoms. The van der Waals surface area contributed by atoms with Crippen molar-refractivity contribution in [3.63, 3.8) is 0 Å². The van der Waals surface area contributed by atoms with Crippen molar-refractivity contribution in [2.24, 2.45) is 0 Å². The molecule has 0 bridgehead atoms. The molecular formula is C16H19ClN4. The maximum atomic E-state index is 5.93. The summed E-state index contributed by atoms with van der Waals surface area (Å²) in [6, 6.07) is 14.4. The van der Waals surface area contributed by atoms with Gasteiger partial charge >= 0.3 is 0 Å². The zero-order chi connectivity index (χ0) is 14.7. The first-order valence-electron chi connectivity index (χ1n) is 7.15. The number of pyridine rings is 1. The van der Waals surface area contributed by atoms with Crippen molar-refractivity contribution in [3.8, 4) is 0 Å². The molecule has 1 unspecified atom stereocenters.